The largest absolute Gasteiger partial charge is 0.338 e. The Morgan fingerprint density at radius 3 is 3.14 bits per heavy atom. The van der Waals surface area contributed by atoms with Crippen molar-refractivity contribution >= 4 is 23.1 Å². The first kappa shape index (κ1) is 14.5. The van der Waals surface area contributed by atoms with Gasteiger partial charge in [0.05, 0.1) is 6.54 Å². The molecule has 22 heavy (non-hydrogen) atoms. The summed E-state index contributed by atoms with van der Waals surface area (Å²) in [4.78, 5) is 21.0. The van der Waals surface area contributed by atoms with Crippen molar-refractivity contribution in [1.29, 1.82) is 0 Å². The van der Waals surface area contributed by atoms with E-state index in [1.54, 1.807) is 22.0 Å². The highest BCUT2D eigenvalue weighted by Crippen LogP contribution is 2.07. The molecular formula is C14H16N6OS. The van der Waals surface area contributed by atoms with E-state index >= 15 is 0 Å². The molecule has 0 saturated heterocycles. The van der Waals surface area contributed by atoms with Crippen LogP contribution in [-0.2, 0) is 13.0 Å². The number of rotatable bonds is 6. The van der Waals surface area contributed by atoms with E-state index in [0.717, 1.165) is 23.3 Å². The molecule has 0 aromatic carbocycles. The normalized spacial score (nSPS) is 10.7. The lowest BCUT2D eigenvalue weighted by atomic mass is 10.2. The van der Waals surface area contributed by atoms with E-state index in [-0.39, 0.29) is 6.03 Å². The van der Waals surface area contributed by atoms with Gasteiger partial charge in [0.1, 0.15) is 6.33 Å². The fraction of sp³-hybridized carbons (Fsp3) is 0.286. The molecule has 0 unspecified atom stereocenters. The van der Waals surface area contributed by atoms with Gasteiger partial charge in [0.2, 0.25) is 0 Å². The Morgan fingerprint density at radius 2 is 2.27 bits per heavy atom. The van der Waals surface area contributed by atoms with Gasteiger partial charge >= 0.3 is 6.03 Å². The molecule has 0 fully saturated rings. The van der Waals surface area contributed by atoms with Crippen LogP contribution in [0.25, 0.3) is 5.78 Å². The van der Waals surface area contributed by atoms with Crippen molar-refractivity contribution in [3.8, 4) is 0 Å². The van der Waals surface area contributed by atoms with E-state index in [1.165, 1.54) is 6.33 Å². The van der Waals surface area contributed by atoms with E-state index in [1.807, 2.05) is 23.7 Å². The molecule has 2 N–H and O–H groups in total. The second-order valence-electron chi connectivity index (χ2n) is 4.76. The standard InChI is InChI=1S/C14H16N6OS/c21-14(17-8-12-4-2-6-22-12)15-5-1-3-11-7-16-13-18-10-19-20(13)9-11/h2,4,6-7,9-10H,1,3,5,8H2,(H2,15,17,21). The number of thiophene rings is 1. The van der Waals surface area contributed by atoms with Crippen LogP contribution in [0.5, 0.6) is 0 Å². The van der Waals surface area contributed by atoms with Crippen LogP contribution >= 0.6 is 11.3 Å². The average Bonchev–Trinajstić information content (AvgIpc) is 3.20. The van der Waals surface area contributed by atoms with Crippen molar-refractivity contribution in [1.82, 2.24) is 30.2 Å². The van der Waals surface area contributed by atoms with Gasteiger partial charge in [-0.05, 0) is 29.9 Å². The molecular weight excluding hydrogens is 300 g/mol. The smallest absolute Gasteiger partial charge is 0.315 e. The first-order chi connectivity index (χ1) is 10.8. The minimum atomic E-state index is -0.141. The van der Waals surface area contributed by atoms with Gasteiger partial charge in [0.15, 0.2) is 0 Å². The van der Waals surface area contributed by atoms with Crippen LogP contribution in [0.4, 0.5) is 4.79 Å². The van der Waals surface area contributed by atoms with Gasteiger partial charge in [-0.2, -0.15) is 10.1 Å². The van der Waals surface area contributed by atoms with Gasteiger partial charge < -0.3 is 10.6 Å². The molecule has 3 rings (SSSR count). The van der Waals surface area contributed by atoms with Crippen molar-refractivity contribution in [3.63, 3.8) is 0 Å². The predicted molar refractivity (Wildman–Crippen MR) is 83.7 cm³/mol. The third-order valence-electron chi connectivity index (χ3n) is 3.12. The van der Waals surface area contributed by atoms with Crippen LogP contribution in [0.1, 0.15) is 16.9 Å². The van der Waals surface area contributed by atoms with E-state index < -0.39 is 0 Å². The quantitative estimate of drug-likeness (QED) is 0.677. The van der Waals surface area contributed by atoms with Crippen molar-refractivity contribution in [3.05, 3.63) is 46.7 Å². The third-order valence-corrected chi connectivity index (χ3v) is 4.00. The highest BCUT2D eigenvalue weighted by molar-refractivity contribution is 7.09. The molecule has 0 saturated carbocycles. The van der Waals surface area contributed by atoms with Crippen LogP contribution < -0.4 is 10.6 Å². The van der Waals surface area contributed by atoms with E-state index in [2.05, 4.69) is 25.7 Å². The zero-order chi connectivity index (χ0) is 15.2. The SMILES string of the molecule is O=C(NCCCc1cnc2ncnn2c1)NCc1cccs1. The Bertz CT molecular complexity index is 739. The maximum atomic E-state index is 11.6. The topological polar surface area (TPSA) is 84.2 Å². The van der Waals surface area contributed by atoms with Gasteiger partial charge in [-0.15, -0.1) is 11.3 Å². The van der Waals surface area contributed by atoms with E-state index in [4.69, 9.17) is 0 Å². The summed E-state index contributed by atoms with van der Waals surface area (Å²) < 4.78 is 1.65. The summed E-state index contributed by atoms with van der Waals surface area (Å²) in [5.41, 5.74) is 1.07. The second-order valence-corrected chi connectivity index (χ2v) is 5.79. The minimum Gasteiger partial charge on any atom is -0.338 e. The summed E-state index contributed by atoms with van der Waals surface area (Å²) in [6.07, 6.45) is 6.85. The molecule has 0 aliphatic carbocycles. The lowest BCUT2D eigenvalue weighted by Crippen LogP contribution is -2.35. The fourth-order valence-electron chi connectivity index (χ4n) is 2.03. The summed E-state index contributed by atoms with van der Waals surface area (Å²) >= 11 is 1.63. The lowest BCUT2D eigenvalue weighted by molar-refractivity contribution is 0.240. The van der Waals surface area contributed by atoms with Crippen LogP contribution in [-0.4, -0.2) is 32.2 Å². The van der Waals surface area contributed by atoms with Crippen molar-refractivity contribution in [2.24, 2.45) is 0 Å². The molecule has 0 aliphatic heterocycles. The van der Waals surface area contributed by atoms with Crippen LogP contribution in [0.2, 0.25) is 0 Å². The summed E-state index contributed by atoms with van der Waals surface area (Å²) in [6.45, 7) is 1.18. The van der Waals surface area contributed by atoms with Gasteiger partial charge in [-0.3, -0.25) is 0 Å². The van der Waals surface area contributed by atoms with Crippen LogP contribution in [0.15, 0.2) is 36.2 Å². The molecule has 0 aliphatic rings. The Labute approximate surface area is 131 Å². The minimum absolute atomic E-state index is 0.141. The molecule has 0 spiro atoms. The number of hydrogen-bond donors (Lipinski definition) is 2. The van der Waals surface area contributed by atoms with Crippen LogP contribution in [0, 0.1) is 0 Å². The molecule has 3 heterocycles. The molecule has 114 valence electrons. The monoisotopic (exact) mass is 316 g/mol. The highest BCUT2D eigenvalue weighted by atomic mass is 32.1. The summed E-state index contributed by atoms with van der Waals surface area (Å²) in [5.74, 6) is 0.592. The number of nitrogens with zero attached hydrogens (tertiary/aromatic N) is 4. The highest BCUT2D eigenvalue weighted by Gasteiger charge is 2.02. The number of hydrogen-bond acceptors (Lipinski definition) is 5. The number of aromatic nitrogens is 4. The fourth-order valence-corrected chi connectivity index (χ4v) is 2.67. The molecule has 7 nitrogen and oxygen atoms in total. The maximum Gasteiger partial charge on any atom is 0.315 e. The summed E-state index contributed by atoms with van der Waals surface area (Å²) in [6, 6.07) is 3.83. The first-order valence-electron chi connectivity index (χ1n) is 6.99. The number of aryl methyl sites for hydroxylation is 1. The molecule has 0 atom stereocenters. The second kappa shape index (κ2) is 6.99. The van der Waals surface area contributed by atoms with Gasteiger partial charge in [0, 0.05) is 23.8 Å². The number of carbonyl (C=O) groups excluding carboxylic acids is 1. The average molecular weight is 316 g/mol. The van der Waals surface area contributed by atoms with Gasteiger partial charge in [-0.1, -0.05) is 6.07 Å². The Morgan fingerprint density at radius 1 is 1.32 bits per heavy atom. The zero-order valence-electron chi connectivity index (χ0n) is 11.9. The molecule has 8 heteroatoms. The molecule has 3 aromatic heterocycles. The molecule has 0 bridgehead atoms. The number of urea groups is 1. The Hall–Kier alpha value is -2.48. The summed E-state index contributed by atoms with van der Waals surface area (Å²) in [7, 11) is 0. The van der Waals surface area contributed by atoms with Gasteiger partial charge in [0.25, 0.3) is 5.78 Å². The van der Waals surface area contributed by atoms with Crippen molar-refractivity contribution < 1.29 is 4.79 Å². The Kier molecular flexibility index (Phi) is 4.59. The summed E-state index contributed by atoms with van der Waals surface area (Å²) in [5, 5.41) is 11.7. The van der Waals surface area contributed by atoms with Crippen molar-refractivity contribution in [2.75, 3.05) is 6.54 Å². The number of fused-ring (bicyclic) bond motifs is 1. The molecule has 2 amide bonds. The Balaban J connectivity index is 1.36. The first-order valence-corrected chi connectivity index (χ1v) is 7.87. The third kappa shape index (κ3) is 3.79. The maximum absolute atomic E-state index is 11.6. The van der Waals surface area contributed by atoms with E-state index in [0.29, 0.717) is 18.9 Å². The molecule has 3 aromatic rings. The van der Waals surface area contributed by atoms with E-state index in [9.17, 15) is 4.79 Å². The number of nitrogens with one attached hydrogen (secondary N) is 2. The van der Waals surface area contributed by atoms with Crippen molar-refractivity contribution in [2.45, 2.75) is 19.4 Å². The van der Waals surface area contributed by atoms with Gasteiger partial charge in [-0.25, -0.2) is 14.3 Å². The molecule has 0 radical (unpaired) electrons. The lowest BCUT2D eigenvalue weighted by Gasteiger charge is -2.06. The zero-order valence-corrected chi connectivity index (χ0v) is 12.7. The number of amides is 2. The number of carbonyl (C=O) groups is 1. The van der Waals surface area contributed by atoms with Crippen LogP contribution in [0.3, 0.4) is 0 Å². The predicted octanol–water partition coefficient (Wildman–Crippen LogP) is 1.62.